The Morgan fingerprint density at radius 2 is 2.00 bits per heavy atom. The van der Waals surface area contributed by atoms with Crippen LogP contribution in [0, 0.1) is 5.41 Å². The molecule has 0 radical (unpaired) electrons. The second-order valence-electron chi connectivity index (χ2n) is 6.10. The molecule has 5 nitrogen and oxygen atoms in total. The molecule has 21 heavy (non-hydrogen) atoms. The summed E-state index contributed by atoms with van der Waals surface area (Å²) >= 11 is 5.84. The minimum atomic E-state index is -0.651. The molecule has 116 valence electrons. The molecule has 3 N–H and O–H groups in total. The van der Waals surface area contributed by atoms with E-state index in [1.54, 1.807) is 31.3 Å². The van der Waals surface area contributed by atoms with Gasteiger partial charge >= 0.3 is 0 Å². The van der Waals surface area contributed by atoms with Crippen LogP contribution in [0.15, 0.2) is 24.3 Å². The second kappa shape index (κ2) is 6.91. The van der Waals surface area contributed by atoms with Crippen molar-refractivity contribution >= 4 is 29.1 Å². The second-order valence-corrected chi connectivity index (χ2v) is 6.53. The zero-order chi connectivity index (χ0) is 16.2. The summed E-state index contributed by atoms with van der Waals surface area (Å²) in [5.41, 5.74) is 6.14. The Kier molecular flexibility index (Phi) is 5.75. The Labute approximate surface area is 130 Å². The van der Waals surface area contributed by atoms with E-state index in [9.17, 15) is 9.59 Å². The van der Waals surface area contributed by atoms with E-state index >= 15 is 0 Å². The molecule has 0 spiro atoms. The number of rotatable bonds is 4. The van der Waals surface area contributed by atoms with Crippen LogP contribution >= 0.6 is 11.6 Å². The predicted molar refractivity (Wildman–Crippen MR) is 85.1 cm³/mol. The highest BCUT2D eigenvalue weighted by Gasteiger charge is 2.30. The first-order valence-electron chi connectivity index (χ1n) is 6.67. The van der Waals surface area contributed by atoms with Gasteiger partial charge in [0.1, 0.15) is 0 Å². The van der Waals surface area contributed by atoms with Crippen molar-refractivity contribution < 1.29 is 9.59 Å². The van der Waals surface area contributed by atoms with Crippen LogP contribution in [-0.2, 0) is 9.59 Å². The average molecular weight is 312 g/mol. The van der Waals surface area contributed by atoms with Crippen molar-refractivity contribution in [3.63, 3.8) is 0 Å². The van der Waals surface area contributed by atoms with Crippen molar-refractivity contribution in [3.05, 3.63) is 29.3 Å². The van der Waals surface area contributed by atoms with Crippen LogP contribution in [-0.4, -0.2) is 36.3 Å². The van der Waals surface area contributed by atoms with E-state index in [-0.39, 0.29) is 23.8 Å². The van der Waals surface area contributed by atoms with Crippen molar-refractivity contribution in [1.29, 1.82) is 0 Å². The highest BCUT2D eigenvalue weighted by molar-refractivity contribution is 6.30. The Morgan fingerprint density at radius 1 is 1.38 bits per heavy atom. The van der Waals surface area contributed by atoms with Gasteiger partial charge in [0.05, 0.1) is 12.6 Å². The van der Waals surface area contributed by atoms with E-state index in [1.165, 1.54) is 4.90 Å². The fourth-order valence-electron chi connectivity index (χ4n) is 1.67. The van der Waals surface area contributed by atoms with Crippen LogP contribution in [0.1, 0.15) is 20.8 Å². The molecular weight excluding hydrogens is 290 g/mol. The number of likely N-dealkylation sites (N-methyl/N-ethyl adjacent to an activating group) is 1. The molecule has 0 fully saturated rings. The smallest absolute Gasteiger partial charge is 0.243 e. The Hall–Kier alpha value is -1.59. The normalized spacial score (nSPS) is 12.7. The molecule has 1 rings (SSSR count). The van der Waals surface area contributed by atoms with E-state index in [2.05, 4.69) is 5.32 Å². The van der Waals surface area contributed by atoms with Crippen LogP contribution in [0.25, 0.3) is 0 Å². The molecule has 1 aromatic rings. The van der Waals surface area contributed by atoms with Crippen molar-refractivity contribution in [2.45, 2.75) is 26.8 Å². The number of halogens is 1. The van der Waals surface area contributed by atoms with Crippen molar-refractivity contribution in [2.75, 3.05) is 18.9 Å². The lowest BCUT2D eigenvalue weighted by atomic mass is 9.86. The van der Waals surface area contributed by atoms with Gasteiger partial charge < -0.3 is 16.0 Å². The van der Waals surface area contributed by atoms with Crippen molar-refractivity contribution in [2.24, 2.45) is 11.1 Å². The van der Waals surface area contributed by atoms with Crippen molar-refractivity contribution in [3.8, 4) is 0 Å². The van der Waals surface area contributed by atoms with Gasteiger partial charge in [-0.2, -0.15) is 0 Å². The van der Waals surface area contributed by atoms with Gasteiger partial charge in [0.15, 0.2) is 0 Å². The molecule has 0 saturated carbocycles. The molecule has 0 aliphatic rings. The molecule has 0 bridgehead atoms. The van der Waals surface area contributed by atoms with Gasteiger partial charge in [0, 0.05) is 17.8 Å². The number of anilines is 1. The number of hydrogen-bond donors (Lipinski definition) is 2. The average Bonchev–Trinajstić information content (AvgIpc) is 2.35. The molecule has 6 heteroatoms. The van der Waals surface area contributed by atoms with Gasteiger partial charge in [0.2, 0.25) is 11.8 Å². The summed E-state index contributed by atoms with van der Waals surface area (Å²) in [6.45, 7) is 5.59. The summed E-state index contributed by atoms with van der Waals surface area (Å²) in [5, 5.41) is 3.22. The summed E-state index contributed by atoms with van der Waals surface area (Å²) in [4.78, 5) is 25.4. The maximum atomic E-state index is 12.1. The molecular formula is C15H22ClN3O2. The highest BCUT2D eigenvalue weighted by Crippen LogP contribution is 2.19. The van der Waals surface area contributed by atoms with Gasteiger partial charge in [-0.15, -0.1) is 0 Å². The fourth-order valence-corrected chi connectivity index (χ4v) is 1.86. The lowest BCUT2D eigenvalue weighted by molar-refractivity contribution is -0.136. The van der Waals surface area contributed by atoms with Gasteiger partial charge in [-0.25, -0.2) is 0 Å². The summed E-state index contributed by atoms with van der Waals surface area (Å²) in [7, 11) is 1.56. The molecule has 0 aliphatic carbocycles. The van der Waals surface area contributed by atoms with Crippen LogP contribution in [0.3, 0.4) is 0 Å². The first-order chi connectivity index (χ1) is 9.61. The molecule has 1 aromatic carbocycles. The zero-order valence-corrected chi connectivity index (χ0v) is 13.6. The lowest BCUT2D eigenvalue weighted by Gasteiger charge is -2.29. The summed E-state index contributed by atoms with van der Waals surface area (Å²) in [6, 6.07) is 6.17. The number of nitrogens with two attached hydrogens (primary N) is 1. The van der Waals surface area contributed by atoms with Gasteiger partial charge in [-0.05, 0) is 23.6 Å². The molecule has 0 unspecified atom stereocenters. The number of nitrogens with zero attached hydrogens (tertiary/aromatic N) is 1. The van der Waals surface area contributed by atoms with Crippen LogP contribution in [0.5, 0.6) is 0 Å². The zero-order valence-electron chi connectivity index (χ0n) is 12.8. The van der Waals surface area contributed by atoms with Crippen LogP contribution < -0.4 is 11.1 Å². The molecule has 2 amide bonds. The predicted octanol–water partition coefficient (Wildman–Crippen LogP) is 2.11. The summed E-state index contributed by atoms with van der Waals surface area (Å²) in [6.07, 6.45) is 0. The Morgan fingerprint density at radius 3 is 2.52 bits per heavy atom. The van der Waals surface area contributed by atoms with Crippen LogP contribution in [0.4, 0.5) is 5.69 Å². The minimum Gasteiger partial charge on any atom is -0.335 e. The van der Waals surface area contributed by atoms with E-state index < -0.39 is 6.04 Å². The summed E-state index contributed by atoms with van der Waals surface area (Å²) < 4.78 is 0. The van der Waals surface area contributed by atoms with Gasteiger partial charge in [0.25, 0.3) is 0 Å². The third-order valence-electron chi connectivity index (χ3n) is 3.06. The Bertz CT molecular complexity index is 526. The maximum Gasteiger partial charge on any atom is 0.243 e. The van der Waals surface area contributed by atoms with E-state index in [1.807, 2.05) is 20.8 Å². The van der Waals surface area contributed by atoms with Crippen LogP contribution in [0.2, 0.25) is 5.02 Å². The molecule has 0 saturated heterocycles. The Balaban J connectivity index is 2.60. The monoisotopic (exact) mass is 311 g/mol. The number of carbonyl (C=O) groups is 2. The number of benzene rings is 1. The minimum absolute atomic E-state index is 0.0604. The fraction of sp³-hybridized carbons (Fsp3) is 0.467. The van der Waals surface area contributed by atoms with Crippen molar-refractivity contribution in [1.82, 2.24) is 4.90 Å². The topological polar surface area (TPSA) is 75.4 Å². The number of nitrogens with one attached hydrogen (secondary N) is 1. The molecule has 0 heterocycles. The largest absolute Gasteiger partial charge is 0.335 e. The maximum absolute atomic E-state index is 12.1. The number of carbonyl (C=O) groups excluding carboxylic acids is 2. The standard InChI is InChI=1S/C15H22ClN3O2/c1-15(2,3)13(17)14(21)19(4)9-12(20)18-11-7-5-6-10(16)8-11/h5-8,13H,9,17H2,1-4H3,(H,18,20)/t13-/m1/s1. The first kappa shape index (κ1) is 17.5. The van der Waals surface area contributed by atoms with Gasteiger partial charge in [-0.3, -0.25) is 9.59 Å². The van der Waals surface area contributed by atoms with E-state index in [4.69, 9.17) is 17.3 Å². The van der Waals surface area contributed by atoms with E-state index in [0.29, 0.717) is 10.7 Å². The lowest BCUT2D eigenvalue weighted by Crippen LogP contribution is -2.50. The third-order valence-corrected chi connectivity index (χ3v) is 3.30. The third kappa shape index (κ3) is 5.36. The molecule has 0 aromatic heterocycles. The SMILES string of the molecule is CN(CC(=O)Nc1cccc(Cl)c1)C(=O)[C@@H](N)C(C)(C)C. The molecule has 0 aliphatic heterocycles. The highest BCUT2D eigenvalue weighted by atomic mass is 35.5. The first-order valence-corrected chi connectivity index (χ1v) is 7.05. The molecule has 1 atom stereocenters. The van der Waals surface area contributed by atoms with Gasteiger partial charge in [-0.1, -0.05) is 38.4 Å². The number of hydrogen-bond acceptors (Lipinski definition) is 3. The quantitative estimate of drug-likeness (QED) is 0.894. The summed E-state index contributed by atoms with van der Waals surface area (Å²) in [5.74, 6) is -0.557. The van der Waals surface area contributed by atoms with E-state index in [0.717, 1.165) is 0 Å². The number of amides is 2.